The summed E-state index contributed by atoms with van der Waals surface area (Å²) in [6.45, 7) is 6.48. The van der Waals surface area contributed by atoms with Crippen molar-refractivity contribution in [1.29, 1.82) is 0 Å². The van der Waals surface area contributed by atoms with Gasteiger partial charge < -0.3 is 21.3 Å². The Balaban J connectivity index is 1.43. The third-order valence-electron chi connectivity index (χ3n) is 4.88. The van der Waals surface area contributed by atoms with Gasteiger partial charge in [0.15, 0.2) is 0 Å². The van der Waals surface area contributed by atoms with Crippen LogP contribution in [0.5, 0.6) is 0 Å². The second kappa shape index (κ2) is 10.2. The molecule has 3 amide bonds. The molecule has 156 valence electrons. The Morgan fingerprint density at radius 3 is 2.59 bits per heavy atom. The molecule has 8 nitrogen and oxygen atoms in total. The molecule has 2 unspecified atom stereocenters. The number of carbonyl (C=O) groups is 2. The van der Waals surface area contributed by atoms with E-state index in [0.29, 0.717) is 0 Å². The molecule has 0 saturated carbocycles. The number of rotatable bonds is 8. The Labute approximate surface area is 175 Å². The predicted octanol–water partition coefficient (Wildman–Crippen LogP) is 1.57. The molecule has 0 aromatic carbocycles. The highest BCUT2D eigenvalue weighted by Gasteiger charge is 2.22. The van der Waals surface area contributed by atoms with Crippen LogP contribution in [0.1, 0.15) is 24.3 Å². The maximum Gasteiger partial charge on any atom is 0.312 e. The molecule has 29 heavy (non-hydrogen) atoms. The minimum absolute atomic E-state index is 0.0152. The number of urea groups is 1. The molecule has 1 aliphatic rings. The average molecular weight is 417 g/mol. The molecular formula is C20H28N6O2S. The van der Waals surface area contributed by atoms with Crippen LogP contribution >= 0.6 is 11.3 Å². The highest BCUT2D eigenvalue weighted by Crippen LogP contribution is 2.22. The number of thiophene rings is 1. The van der Waals surface area contributed by atoms with Gasteiger partial charge in [0.2, 0.25) is 5.91 Å². The number of hydrogen-bond acceptors (Lipinski definition) is 6. The lowest BCUT2D eigenvalue weighted by Crippen LogP contribution is -2.51. The first-order valence-electron chi connectivity index (χ1n) is 9.78. The van der Waals surface area contributed by atoms with Crippen LogP contribution < -0.4 is 21.3 Å². The molecular weight excluding hydrogens is 388 g/mol. The van der Waals surface area contributed by atoms with E-state index in [2.05, 4.69) is 25.4 Å². The molecule has 0 spiro atoms. The Bertz CT molecular complexity index is 778. The van der Waals surface area contributed by atoms with Gasteiger partial charge in [0, 0.05) is 49.8 Å². The fourth-order valence-electron chi connectivity index (χ4n) is 3.54. The lowest BCUT2D eigenvalue weighted by atomic mass is 10.1. The van der Waals surface area contributed by atoms with E-state index >= 15 is 0 Å². The van der Waals surface area contributed by atoms with E-state index in [9.17, 15) is 9.59 Å². The minimum Gasteiger partial charge on any atom is -0.354 e. The quantitative estimate of drug-likeness (QED) is 0.606. The second-order valence-corrected chi connectivity index (χ2v) is 8.20. The SMILES string of the molecule is CC(CN1CCN(c2ccccn2)CC1)NC(=O)CC(NC(N)=O)c1cccs1. The molecule has 4 N–H and O–H groups in total. The van der Waals surface area contributed by atoms with Crippen molar-refractivity contribution in [3.05, 3.63) is 46.8 Å². The Kier molecular flexibility index (Phi) is 7.42. The van der Waals surface area contributed by atoms with Gasteiger partial charge in [-0.3, -0.25) is 9.69 Å². The van der Waals surface area contributed by atoms with E-state index in [0.717, 1.165) is 43.4 Å². The summed E-state index contributed by atoms with van der Waals surface area (Å²) in [6, 6.07) is 8.72. The first-order chi connectivity index (χ1) is 14.0. The average Bonchev–Trinajstić information content (AvgIpc) is 3.23. The number of nitrogens with two attached hydrogens (primary N) is 1. The smallest absolute Gasteiger partial charge is 0.312 e. The Hall–Kier alpha value is -2.65. The maximum atomic E-state index is 12.5. The van der Waals surface area contributed by atoms with Crippen molar-refractivity contribution in [2.45, 2.75) is 25.4 Å². The summed E-state index contributed by atoms with van der Waals surface area (Å²) in [6.07, 6.45) is 1.98. The van der Waals surface area contributed by atoms with Crippen LogP contribution in [0, 0.1) is 0 Å². The zero-order valence-corrected chi connectivity index (χ0v) is 17.4. The van der Waals surface area contributed by atoms with Gasteiger partial charge in [0.1, 0.15) is 5.82 Å². The highest BCUT2D eigenvalue weighted by molar-refractivity contribution is 7.10. The number of anilines is 1. The van der Waals surface area contributed by atoms with Crippen LogP contribution in [0.3, 0.4) is 0 Å². The zero-order valence-electron chi connectivity index (χ0n) is 16.6. The fourth-order valence-corrected chi connectivity index (χ4v) is 4.31. The summed E-state index contributed by atoms with van der Waals surface area (Å²) < 4.78 is 0. The Morgan fingerprint density at radius 1 is 1.17 bits per heavy atom. The molecule has 1 saturated heterocycles. The number of carbonyl (C=O) groups excluding carboxylic acids is 2. The van der Waals surface area contributed by atoms with Gasteiger partial charge in [-0.05, 0) is 30.5 Å². The molecule has 1 aliphatic heterocycles. The van der Waals surface area contributed by atoms with Crippen LogP contribution in [-0.4, -0.2) is 60.6 Å². The summed E-state index contributed by atoms with van der Waals surface area (Å²) in [4.78, 5) is 33.7. The first kappa shape index (κ1) is 21.1. The molecule has 1 fully saturated rings. The monoisotopic (exact) mass is 416 g/mol. The van der Waals surface area contributed by atoms with Gasteiger partial charge in [-0.1, -0.05) is 12.1 Å². The van der Waals surface area contributed by atoms with E-state index in [1.54, 1.807) is 0 Å². The topological polar surface area (TPSA) is 104 Å². The highest BCUT2D eigenvalue weighted by atomic mass is 32.1. The van der Waals surface area contributed by atoms with Crippen LogP contribution in [0.25, 0.3) is 0 Å². The van der Waals surface area contributed by atoms with Crippen molar-refractivity contribution in [3.8, 4) is 0 Å². The maximum absolute atomic E-state index is 12.5. The van der Waals surface area contributed by atoms with Crippen molar-refractivity contribution in [2.24, 2.45) is 5.73 Å². The van der Waals surface area contributed by atoms with E-state index in [4.69, 9.17) is 5.73 Å². The molecule has 0 radical (unpaired) electrons. The van der Waals surface area contributed by atoms with E-state index in [-0.39, 0.29) is 18.4 Å². The van der Waals surface area contributed by atoms with E-state index in [1.165, 1.54) is 11.3 Å². The minimum atomic E-state index is -0.630. The molecule has 2 aromatic rings. The van der Waals surface area contributed by atoms with Crippen LogP contribution in [-0.2, 0) is 4.79 Å². The molecule has 0 bridgehead atoms. The number of hydrogen-bond donors (Lipinski definition) is 3. The molecule has 9 heteroatoms. The zero-order chi connectivity index (χ0) is 20.6. The van der Waals surface area contributed by atoms with Crippen LogP contribution in [0.2, 0.25) is 0 Å². The van der Waals surface area contributed by atoms with Gasteiger partial charge in [0.25, 0.3) is 0 Å². The first-order valence-corrected chi connectivity index (χ1v) is 10.7. The van der Waals surface area contributed by atoms with Crippen molar-refractivity contribution in [2.75, 3.05) is 37.6 Å². The van der Waals surface area contributed by atoms with Gasteiger partial charge >= 0.3 is 6.03 Å². The standard InChI is InChI=1S/C20H28N6O2S/c1-15(14-25-8-10-26(11-9-25)18-6-2-3-7-22-18)23-19(27)13-16(24-20(21)28)17-5-4-12-29-17/h2-7,12,15-16H,8-11,13-14H2,1H3,(H,23,27)(H3,21,24,28). The van der Waals surface area contributed by atoms with Crippen molar-refractivity contribution in [1.82, 2.24) is 20.5 Å². The van der Waals surface area contributed by atoms with Gasteiger partial charge in [-0.2, -0.15) is 0 Å². The Morgan fingerprint density at radius 2 is 1.97 bits per heavy atom. The van der Waals surface area contributed by atoms with Crippen molar-refractivity contribution in [3.63, 3.8) is 0 Å². The lowest BCUT2D eigenvalue weighted by Gasteiger charge is -2.36. The lowest BCUT2D eigenvalue weighted by molar-refractivity contribution is -0.122. The number of nitrogens with one attached hydrogen (secondary N) is 2. The predicted molar refractivity (Wildman–Crippen MR) is 115 cm³/mol. The molecule has 3 heterocycles. The van der Waals surface area contributed by atoms with E-state index in [1.807, 2.05) is 48.8 Å². The second-order valence-electron chi connectivity index (χ2n) is 7.22. The van der Waals surface area contributed by atoms with Crippen LogP contribution in [0.4, 0.5) is 10.6 Å². The third kappa shape index (κ3) is 6.43. The summed E-state index contributed by atoms with van der Waals surface area (Å²) in [5.41, 5.74) is 5.26. The molecule has 2 aromatic heterocycles. The summed E-state index contributed by atoms with van der Waals surface area (Å²) in [7, 11) is 0. The number of piperazine rings is 1. The number of nitrogens with zero attached hydrogens (tertiary/aromatic N) is 3. The van der Waals surface area contributed by atoms with Crippen molar-refractivity contribution >= 4 is 29.1 Å². The van der Waals surface area contributed by atoms with Gasteiger partial charge in [0.05, 0.1) is 12.5 Å². The fraction of sp³-hybridized carbons (Fsp3) is 0.450. The van der Waals surface area contributed by atoms with Gasteiger partial charge in [-0.25, -0.2) is 9.78 Å². The summed E-state index contributed by atoms with van der Waals surface area (Å²) in [5.74, 6) is 0.909. The summed E-state index contributed by atoms with van der Waals surface area (Å²) >= 11 is 1.49. The molecule has 3 rings (SSSR count). The normalized spacial score (nSPS) is 16.8. The van der Waals surface area contributed by atoms with Crippen molar-refractivity contribution < 1.29 is 9.59 Å². The van der Waals surface area contributed by atoms with Crippen LogP contribution in [0.15, 0.2) is 41.9 Å². The molecule has 2 atom stereocenters. The largest absolute Gasteiger partial charge is 0.354 e. The third-order valence-corrected chi connectivity index (χ3v) is 5.86. The van der Waals surface area contributed by atoms with Gasteiger partial charge in [-0.15, -0.1) is 11.3 Å². The molecule has 0 aliphatic carbocycles. The number of amides is 3. The summed E-state index contributed by atoms with van der Waals surface area (Å²) in [5, 5.41) is 7.61. The van der Waals surface area contributed by atoms with E-state index < -0.39 is 12.1 Å². The number of pyridine rings is 1. The number of aromatic nitrogens is 1. The number of primary amides is 1.